The zero-order valence-corrected chi connectivity index (χ0v) is 23.6. The van der Waals surface area contributed by atoms with E-state index in [-0.39, 0.29) is 30.0 Å². The van der Waals surface area contributed by atoms with E-state index in [0.717, 1.165) is 52.6 Å². The standard InChI is InChI=1S/C27H26ClF3N4O2S.ClH/c1-16-15-35-24(17(2)33-26(35)38-16)25(36)32-14-18-3-8-23(22(28)13-18)34-11-9-20(10-12-34)19-4-6-21(7-5-19)37-27(29,30)31;/h3-8,13,15,20H,9-12,14H2,1-2H3,(H,32,36);1H. The van der Waals surface area contributed by atoms with Gasteiger partial charge in [-0.15, -0.1) is 36.9 Å². The fourth-order valence-corrected chi connectivity index (χ4v) is 6.11. The number of rotatable bonds is 6. The van der Waals surface area contributed by atoms with Crippen molar-refractivity contribution < 1.29 is 22.7 Å². The lowest BCUT2D eigenvalue weighted by atomic mass is 9.89. The van der Waals surface area contributed by atoms with Crippen molar-refractivity contribution in [1.29, 1.82) is 0 Å². The highest BCUT2D eigenvalue weighted by Crippen LogP contribution is 2.35. The number of benzene rings is 2. The van der Waals surface area contributed by atoms with Crippen LogP contribution in [0.15, 0.2) is 48.7 Å². The molecule has 0 radical (unpaired) electrons. The highest BCUT2D eigenvalue weighted by molar-refractivity contribution is 7.17. The van der Waals surface area contributed by atoms with Crippen LogP contribution in [0.3, 0.4) is 0 Å². The lowest BCUT2D eigenvalue weighted by Crippen LogP contribution is -2.33. The quantitative estimate of drug-likeness (QED) is 0.253. The molecule has 2 aromatic heterocycles. The van der Waals surface area contributed by atoms with Gasteiger partial charge in [-0.2, -0.15) is 0 Å². The molecule has 1 amide bonds. The third-order valence-corrected chi connectivity index (χ3v) is 7.92. The lowest BCUT2D eigenvalue weighted by molar-refractivity contribution is -0.274. The first-order valence-electron chi connectivity index (χ1n) is 12.2. The van der Waals surface area contributed by atoms with Crippen LogP contribution < -0.4 is 15.0 Å². The predicted molar refractivity (Wildman–Crippen MR) is 150 cm³/mol. The Morgan fingerprint density at radius 2 is 1.85 bits per heavy atom. The van der Waals surface area contributed by atoms with Gasteiger partial charge in [0.05, 0.1) is 16.4 Å². The van der Waals surface area contributed by atoms with E-state index in [1.807, 2.05) is 42.6 Å². The molecule has 4 aromatic rings. The number of aryl methyl sites for hydroxylation is 2. The molecule has 0 unspecified atom stereocenters. The molecule has 1 saturated heterocycles. The van der Waals surface area contributed by atoms with E-state index in [4.69, 9.17) is 11.6 Å². The van der Waals surface area contributed by atoms with E-state index >= 15 is 0 Å². The van der Waals surface area contributed by atoms with E-state index in [2.05, 4.69) is 19.9 Å². The average molecular weight is 600 g/mol. The molecule has 3 heterocycles. The van der Waals surface area contributed by atoms with Gasteiger partial charge < -0.3 is 15.0 Å². The highest BCUT2D eigenvalue weighted by Gasteiger charge is 2.31. The van der Waals surface area contributed by atoms with Gasteiger partial charge in [-0.05, 0) is 68.0 Å². The normalized spacial score (nSPS) is 14.4. The number of thiazole rings is 1. The van der Waals surface area contributed by atoms with Crippen molar-refractivity contribution >= 4 is 51.9 Å². The smallest absolute Gasteiger partial charge is 0.406 e. The van der Waals surface area contributed by atoms with Gasteiger partial charge in [-0.25, -0.2) is 4.98 Å². The van der Waals surface area contributed by atoms with Crippen molar-refractivity contribution in [2.75, 3.05) is 18.0 Å². The zero-order valence-electron chi connectivity index (χ0n) is 21.2. The van der Waals surface area contributed by atoms with Gasteiger partial charge in [0, 0.05) is 30.7 Å². The zero-order chi connectivity index (χ0) is 27.0. The fraction of sp³-hybridized carbons (Fsp3) is 0.333. The van der Waals surface area contributed by atoms with Crippen molar-refractivity contribution in [3.8, 4) is 5.75 Å². The number of carbonyl (C=O) groups excluding carboxylic acids is 1. The number of alkyl halides is 3. The number of halogens is 5. The summed E-state index contributed by atoms with van der Waals surface area (Å²) in [6.07, 6.45) is -1.06. The van der Waals surface area contributed by atoms with E-state index < -0.39 is 6.36 Å². The summed E-state index contributed by atoms with van der Waals surface area (Å²) in [7, 11) is 0. The number of piperidine rings is 1. The van der Waals surface area contributed by atoms with Crippen molar-refractivity contribution in [2.24, 2.45) is 0 Å². The number of nitrogens with one attached hydrogen (secondary N) is 1. The minimum Gasteiger partial charge on any atom is -0.406 e. The molecule has 39 heavy (non-hydrogen) atoms. The summed E-state index contributed by atoms with van der Waals surface area (Å²) >= 11 is 8.18. The number of fused-ring (bicyclic) bond motifs is 1. The van der Waals surface area contributed by atoms with Gasteiger partial charge in [0.25, 0.3) is 5.91 Å². The fourth-order valence-electron chi connectivity index (χ4n) is 4.92. The average Bonchev–Trinajstić information content (AvgIpc) is 3.36. The number of carbonyl (C=O) groups is 1. The Labute approximate surface area is 239 Å². The summed E-state index contributed by atoms with van der Waals surface area (Å²) < 4.78 is 43.0. The Balaban J connectivity index is 0.00000353. The third-order valence-electron chi connectivity index (χ3n) is 6.72. The van der Waals surface area contributed by atoms with Crippen LogP contribution in [0.2, 0.25) is 5.02 Å². The van der Waals surface area contributed by atoms with Crippen LogP contribution in [0, 0.1) is 13.8 Å². The molecule has 0 atom stereocenters. The second-order valence-corrected chi connectivity index (χ2v) is 11.0. The molecule has 6 nitrogen and oxygen atoms in total. The van der Waals surface area contributed by atoms with Crippen LogP contribution in [-0.2, 0) is 6.54 Å². The van der Waals surface area contributed by atoms with Crippen LogP contribution >= 0.6 is 35.3 Å². The molecule has 1 fully saturated rings. The third kappa shape index (κ3) is 6.62. The largest absolute Gasteiger partial charge is 0.573 e. The summed E-state index contributed by atoms with van der Waals surface area (Å²) in [5.41, 5.74) is 4.05. The van der Waals surface area contributed by atoms with Crippen LogP contribution in [0.1, 0.15) is 50.9 Å². The molecule has 208 valence electrons. The second-order valence-electron chi connectivity index (χ2n) is 9.39. The monoisotopic (exact) mass is 598 g/mol. The number of anilines is 1. The molecule has 1 aliphatic heterocycles. The van der Waals surface area contributed by atoms with Gasteiger partial charge in [0.1, 0.15) is 11.4 Å². The van der Waals surface area contributed by atoms with Crippen LogP contribution in [0.25, 0.3) is 4.96 Å². The van der Waals surface area contributed by atoms with Crippen molar-refractivity contribution in [3.05, 3.63) is 81.1 Å². The van der Waals surface area contributed by atoms with Crippen LogP contribution in [0.5, 0.6) is 5.75 Å². The Kier molecular flexibility index (Phi) is 8.68. The number of hydrogen-bond acceptors (Lipinski definition) is 5. The maximum atomic E-state index is 12.9. The second kappa shape index (κ2) is 11.7. The molecule has 12 heteroatoms. The first-order chi connectivity index (χ1) is 18.1. The molecular formula is C27H27Cl2F3N4O2S. The molecule has 0 aliphatic carbocycles. The first kappa shape index (κ1) is 29.0. The lowest BCUT2D eigenvalue weighted by Gasteiger charge is -2.34. The Morgan fingerprint density at radius 3 is 2.49 bits per heavy atom. The molecule has 0 spiro atoms. The summed E-state index contributed by atoms with van der Waals surface area (Å²) in [5.74, 6) is -0.144. The molecule has 2 aromatic carbocycles. The minimum absolute atomic E-state index is 0. The maximum absolute atomic E-state index is 12.9. The van der Waals surface area contributed by atoms with Crippen molar-refractivity contribution in [3.63, 3.8) is 0 Å². The Bertz CT molecular complexity index is 1460. The number of hydrogen-bond donors (Lipinski definition) is 1. The number of amides is 1. The van der Waals surface area contributed by atoms with Gasteiger partial charge >= 0.3 is 6.36 Å². The molecular weight excluding hydrogens is 572 g/mol. The summed E-state index contributed by atoms with van der Waals surface area (Å²) in [6, 6.07) is 11.9. The van der Waals surface area contributed by atoms with Crippen LogP contribution in [0.4, 0.5) is 18.9 Å². The molecule has 0 saturated carbocycles. The van der Waals surface area contributed by atoms with E-state index in [1.54, 1.807) is 23.5 Å². The molecule has 1 N–H and O–H groups in total. The molecule has 1 aliphatic rings. The highest BCUT2D eigenvalue weighted by atomic mass is 35.5. The topological polar surface area (TPSA) is 58.9 Å². The Morgan fingerprint density at radius 1 is 1.15 bits per heavy atom. The van der Waals surface area contributed by atoms with E-state index in [0.29, 0.717) is 23.0 Å². The minimum atomic E-state index is -4.69. The van der Waals surface area contributed by atoms with E-state index in [9.17, 15) is 18.0 Å². The SMILES string of the molecule is Cc1cn2c(C(=O)NCc3ccc(N4CCC(c5ccc(OC(F)(F)F)cc5)CC4)c(Cl)c3)c(C)nc2s1.Cl. The Hall–Kier alpha value is -2.95. The van der Waals surface area contributed by atoms with Crippen molar-refractivity contribution in [2.45, 2.75) is 45.5 Å². The van der Waals surface area contributed by atoms with Gasteiger partial charge in [-0.3, -0.25) is 9.20 Å². The van der Waals surface area contributed by atoms with Crippen LogP contribution in [-0.4, -0.2) is 34.7 Å². The van der Waals surface area contributed by atoms with Gasteiger partial charge in [-0.1, -0.05) is 29.8 Å². The van der Waals surface area contributed by atoms with Gasteiger partial charge in [0.2, 0.25) is 0 Å². The maximum Gasteiger partial charge on any atom is 0.573 e. The summed E-state index contributed by atoms with van der Waals surface area (Å²) in [6.45, 7) is 5.70. The number of imidazole rings is 1. The first-order valence-corrected chi connectivity index (χ1v) is 13.4. The summed E-state index contributed by atoms with van der Waals surface area (Å²) in [4.78, 5) is 21.5. The van der Waals surface area contributed by atoms with Gasteiger partial charge in [0.15, 0.2) is 4.96 Å². The number of aromatic nitrogens is 2. The molecule has 5 rings (SSSR count). The number of ether oxygens (including phenoxy) is 1. The molecule has 0 bridgehead atoms. The van der Waals surface area contributed by atoms with Crippen molar-refractivity contribution in [1.82, 2.24) is 14.7 Å². The summed E-state index contributed by atoms with van der Waals surface area (Å²) in [5, 5.41) is 3.58. The predicted octanol–water partition coefficient (Wildman–Crippen LogP) is 7.30. The number of nitrogens with zero attached hydrogens (tertiary/aromatic N) is 3. The van der Waals surface area contributed by atoms with E-state index in [1.165, 1.54) is 12.1 Å².